The van der Waals surface area contributed by atoms with Gasteiger partial charge in [0.1, 0.15) is 0 Å². The van der Waals surface area contributed by atoms with Crippen LogP contribution in [0.3, 0.4) is 0 Å². The van der Waals surface area contributed by atoms with Gasteiger partial charge in [0, 0.05) is 25.4 Å². The number of aliphatic hydroxyl groups excluding tert-OH is 1. The predicted molar refractivity (Wildman–Crippen MR) is 121 cm³/mol. The van der Waals surface area contributed by atoms with Crippen LogP contribution in [0.4, 0.5) is 11.4 Å². The van der Waals surface area contributed by atoms with Crippen LogP contribution in [0, 0.1) is 0 Å². The van der Waals surface area contributed by atoms with E-state index in [-0.39, 0.29) is 18.8 Å². The molecule has 1 aliphatic heterocycles. The molecule has 178 valence electrons. The van der Waals surface area contributed by atoms with Gasteiger partial charge in [-0.15, -0.1) is 4.40 Å². The Morgan fingerprint density at radius 1 is 1.30 bits per heavy atom. The number of aliphatic hydroxyl groups is 1. The second-order valence-corrected chi connectivity index (χ2v) is 10.5. The minimum Gasteiger partial charge on any atom is -0.845 e. The Kier molecular flexibility index (Phi) is 5.79. The van der Waals surface area contributed by atoms with Crippen molar-refractivity contribution in [3.05, 3.63) is 40.7 Å². The minimum absolute atomic E-state index is 0.0714. The summed E-state index contributed by atoms with van der Waals surface area (Å²) in [5, 5.41) is 29.5. The first-order chi connectivity index (χ1) is 15.8. The molecule has 1 fully saturated rings. The van der Waals surface area contributed by atoms with Gasteiger partial charge in [-0.05, 0) is 60.8 Å². The molecule has 2 N–H and O–H groups in total. The van der Waals surface area contributed by atoms with Crippen LogP contribution in [0.2, 0.25) is 0 Å². The monoisotopic (exact) mass is 474 g/mol. The summed E-state index contributed by atoms with van der Waals surface area (Å²) in [5.74, 6) is 0. The van der Waals surface area contributed by atoms with Crippen LogP contribution in [0.25, 0.3) is 0 Å². The standard InChI is InChI=1S/C22H29N5O5S/c1-26-11-16(10-23-26)27(12-18-9-17(28)13-32-18)33(30,31)25-22(29)24-21-19-6-2-4-14(19)8-15-5-3-7-20(15)21/h8,10-11,17-18,28H,2-7,9,12-13H2,1H3,(H2,24,25,29)/p-1/t17-,18-/m0/s1. The number of hydrogen-bond acceptors (Lipinski definition) is 6. The summed E-state index contributed by atoms with van der Waals surface area (Å²) in [4.78, 5) is 0. The second-order valence-electron chi connectivity index (χ2n) is 8.98. The molecule has 2 heterocycles. The van der Waals surface area contributed by atoms with Crippen LogP contribution in [0.5, 0.6) is 0 Å². The largest absolute Gasteiger partial charge is 0.845 e. The van der Waals surface area contributed by atoms with E-state index >= 15 is 0 Å². The molecule has 1 aromatic carbocycles. The van der Waals surface area contributed by atoms with Gasteiger partial charge in [-0.3, -0.25) is 4.68 Å². The number of amidine groups is 1. The highest BCUT2D eigenvalue weighted by molar-refractivity contribution is 7.91. The molecule has 5 rings (SSSR count). The molecule has 3 aliphatic rings. The molecule has 10 nitrogen and oxygen atoms in total. The zero-order valence-electron chi connectivity index (χ0n) is 18.5. The highest BCUT2D eigenvalue weighted by atomic mass is 32.2. The van der Waals surface area contributed by atoms with E-state index in [4.69, 9.17) is 4.74 Å². The van der Waals surface area contributed by atoms with Crippen LogP contribution in [0.1, 0.15) is 41.5 Å². The summed E-state index contributed by atoms with van der Waals surface area (Å²) in [6.45, 7) is 0.0749. The number of ether oxygens (including phenoxy) is 1. The minimum atomic E-state index is -4.38. The summed E-state index contributed by atoms with van der Waals surface area (Å²) in [6, 6.07) is 1.33. The van der Waals surface area contributed by atoms with E-state index in [0.29, 0.717) is 6.42 Å². The molecule has 1 aromatic heterocycles. The van der Waals surface area contributed by atoms with Crippen molar-refractivity contribution in [3.63, 3.8) is 0 Å². The number of hydrogen-bond donors (Lipinski definition) is 2. The maximum Gasteiger partial charge on any atom is 0.345 e. The van der Waals surface area contributed by atoms with Crippen molar-refractivity contribution in [1.29, 1.82) is 0 Å². The number of nitrogens with zero attached hydrogens (tertiary/aromatic N) is 4. The number of anilines is 2. The Morgan fingerprint density at radius 2 is 2.00 bits per heavy atom. The molecule has 0 radical (unpaired) electrons. The number of aryl methyl sites for hydroxylation is 3. The molecular weight excluding hydrogens is 446 g/mol. The molecule has 0 bridgehead atoms. The molecule has 0 amide bonds. The van der Waals surface area contributed by atoms with Crippen molar-refractivity contribution >= 4 is 27.6 Å². The fourth-order valence-corrected chi connectivity index (χ4v) is 6.19. The quantitative estimate of drug-likeness (QED) is 0.458. The first kappa shape index (κ1) is 22.2. The Hall–Kier alpha value is -2.63. The molecule has 2 aliphatic carbocycles. The van der Waals surface area contributed by atoms with E-state index in [0.717, 1.165) is 59.6 Å². The lowest BCUT2D eigenvalue weighted by Crippen LogP contribution is -2.39. The maximum atomic E-state index is 13.2. The van der Waals surface area contributed by atoms with E-state index in [1.54, 1.807) is 7.05 Å². The molecule has 1 saturated heterocycles. The zero-order valence-corrected chi connectivity index (χ0v) is 19.3. The topological polar surface area (TPSA) is 132 Å². The normalized spacial score (nSPS) is 22.4. The number of fused-ring (bicyclic) bond motifs is 2. The van der Waals surface area contributed by atoms with Crippen molar-refractivity contribution in [1.82, 2.24) is 9.78 Å². The van der Waals surface area contributed by atoms with Crippen molar-refractivity contribution in [3.8, 4) is 0 Å². The fraction of sp³-hybridized carbons (Fsp3) is 0.545. The van der Waals surface area contributed by atoms with E-state index < -0.39 is 28.4 Å². The van der Waals surface area contributed by atoms with Gasteiger partial charge in [0.25, 0.3) is 0 Å². The van der Waals surface area contributed by atoms with Gasteiger partial charge >= 0.3 is 10.2 Å². The summed E-state index contributed by atoms with van der Waals surface area (Å²) in [5.41, 5.74) is 5.71. The second kappa shape index (κ2) is 8.62. The summed E-state index contributed by atoms with van der Waals surface area (Å²) >= 11 is 0. The number of nitrogens with one attached hydrogen (secondary N) is 1. The molecule has 0 saturated carbocycles. The highest BCUT2D eigenvalue weighted by Gasteiger charge is 2.32. The van der Waals surface area contributed by atoms with Crippen molar-refractivity contribution in [2.75, 3.05) is 22.8 Å². The molecule has 0 unspecified atom stereocenters. The lowest BCUT2D eigenvalue weighted by Gasteiger charge is -2.25. The lowest BCUT2D eigenvalue weighted by atomic mass is 9.99. The average Bonchev–Trinajstić information content (AvgIpc) is 3.53. The third-order valence-electron chi connectivity index (χ3n) is 6.59. The van der Waals surface area contributed by atoms with E-state index in [2.05, 4.69) is 20.9 Å². The first-order valence-electron chi connectivity index (χ1n) is 11.3. The van der Waals surface area contributed by atoms with Crippen molar-refractivity contribution in [2.24, 2.45) is 11.4 Å². The van der Waals surface area contributed by atoms with Gasteiger partial charge in [-0.25, -0.2) is 4.31 Å². The van der Waals surface area contributed by atoms with Gasteiger partial charge < -0.3 is 20.3 Å². The first-order valence-corrected chi connectivity index (χ1v) is 12.7. The van der Waals surface area contributed by atoms with Gasteiger partial charge in [0.05, 0.1) is 43.3 Å². The molecule has 2 aromatic rings. The predicted octanol–water partition coefficient (Wildman–Crippen LogP) is 0.427. The van der Waals surface area contributed by atoms with Gasteiger partial charge in [0.15, 0.2) is 0 Å². The maximum absolute atomic E-state index is 13.2. The fourth-order valence-electron chi connectivity index (χ4n) is 5.12. The molecular formula is C22H28N5O5S-. The third kappa shape index (κ3) is 4.44. The lowest BCUT2D eigenvalue weighted by molar-refractivity contribution is -0.213. The number of aromatic nitrogens is 2. The smallest absolute Gasteiger partial charge is 0.345 e. The van der Waals surface area contributed by atoms with Crippen LogP contribution in [0.15, 0.2) is 22.9 Å². The van der Waals surface area contributed by atoms with Crippen LogP contribution < -0.4 is 14.7 Å². The van der Waals surface area contributed by atoms with Crippen molar-refractivity contribution < 1.29 is 23.4 Å². The number of benzene rings is 1. The Morgan fingerprint density at radius 3 is 2.58 bits per heavy atom. The van der Waals surface area contributed by atoms with E-state index in [9.17, 15) is 18.6 Å². The average molecular weight is 475 g/mol. The third-order valence-corrected chi connectivity index (χ3v) is 7.90. The van der Waals surface area contributed by atoms with E-state index in [1.165, 1.54) is 28.2 Å². The molecule has 33 heavy (non-hydrogen) atoms. The summed E-state index contributed by atoms with van der Waals surface area (Å²) < 4.78 is 38.0. The van der Waals surface area contributed by atoms with Gasteiger partial charge in [-0.1, -0.05) is 6.07 Å². The SMILES string of the molecule is Cn1cc(N(C[C@@H]2C[C@H](O)CO2)S(=O)(=O)/N=C(\[O-])Nc2c3c(cc4c2CCC4)CCC3)cn1. The van der Waals surface area contributed by atoms with Gasteiger partial charge in [0.2, 0.25) is 0 Å². The highest BCUT2D eigenvalue weighted by Crippen LogP contribution is 2.38. The molecule has 11 heteroatoms. The Balaban J connectivity index is 1.44. The van der Waals surface area contributed by atoms with E-state index in [1.807, 2.05) is 0 Å². The Labute approximate surface area is 193 Å². The van der Waals surface area contributed by atoms with Crippen molar-refractivity contribution in [2.45, 2.75) is 57.2 Å². The van der Waals surface area contributed by atoms with Crippen LogP contribution in [-0.2, 0) is 47.7 Å². The zero-order chi connectivity index (χ0) is 23.2. The summed E-state index contributed by atoms with van der Waals surface area (Å²) in [6.07, 6.45) is 7.83. The van der Waals surface area contributed by atoms with Crippen LogP contribution >= 0.6 is 0 Å². The van der Waals surface area contributed by atoms with Crippen LogP contribution in [-0.4, -0.2) is 54.7 Å². The molecule has 2 atom stereocenters. The number of rotatable bonds is 6. The molecule has 0 spiro atoms. The van der Waals surface area contributed by atoms with Gasteiger partial charge in [-0.2, -0.15) is 13.5 Å². The Bertz CT molecular complexity index is 1160. The summed E-state index contributed by atoms with van der Waals surface area (Å²) in [7, 11) is -2.71.